The molecule has 0 N–H and O–H groups in total. The number of aromatic nitrogens is 5. The van der Waals surface area contributed by atoms with E-state index < -0.39 is 0 Å². The number of carbonyl (C=O) groups excluding carboxylic acids is 1. The Kier molecular flexibility index (Phi) is 5.88. The molecule has 0 bridgehead atoms. The molecule has 1 amide bonds. The molecular weight excluding hydrogens is 376 g/mol. The Labute approximate surface area is 177 Å². The van der Waals surface area contributed by atoms with E-state index in [4.69, 9.17) is 4.98 Å². The lowest BCUT2D eigenvalue weighted by Crippen LogP contribution is -2.39. The smallest absolute Gasteiger partial charge is 0.274 e. The molecule has 1 fully saturated rings. The molecule has 3 aromatic heterocycles. The van der Waals surface area contributed by atoms with Crippen molar-refractivity contribution >= 4 is 5.91 Å². The van der Waals surface area contributed by atoms with E-state index in [1.165, 1.54) is 0 Å². The van der Waals surface area contributed by atoms with Crippen molar-refractivity contribution in [3.8, 4) is 11.1 Å². The third-order valence-electron chi connectivity index (χ3n) is 5.64. The number of pyridine rings is 1. The van der Waals surface area contributed by atoms with Gasteiger partial charge in [0.1, 0.15) is 11.5 Å². The molecule has 0 spiro atoms. The zero-order valence-electron chi connectivity index (χ0n) is 17.9. The quantitative estimate of drug-likeness (QED) is 0.639. The fourth-order valence-corrected chi connectivity index (χ4v) is 4.16. The van der Waals surface area contributed by atoms with Gasteiger partial charge >= 0.3 is 0 Å². The molecule has 1 aliphatic rings. The van der Waals surface area contributed by atoms with Crippen molar-refractivity contribution in [2.45, 2.75) is 59.0 Å². The van der Waals surface area contributed by atoms with Gasteiger partial charge in [0.25, 0.3) is 5.91 Å². The van der Waals surface area contributed by atoms with E-state index in [1.807, 2.05) is 54.2 Å². The van der Waals surface area contributed by atoms with Crippen molar-refractivity contribution < 1.29 is 4.79 Å². The second-order valence-electron chi connectivity index (χ2n) is 7.88. The summed E-state index contributed by atoms with van der Waals surface area (Å²) in [6.45, 7) is 7.56. The van der Waals surface area contributed by atoms with Crippen molar-refractivity contribution in [2.24, 2.45) is 0 Å². The molecule has 0 aromatic carbocycles. The van der Waals surface area contributed by atoms with Crippen LogP contribution in [0, 0.1) is 13.8 Å². The fourth-order valence-electron chi connectivity index (χ4n) is 4.16. The van der Waals surface area contributed by atoms with Crippen LogP contribution in [0.1, 0.15) is 66.2 Å². The first-order chi connectivity index (χ1) is 14.6. The number of hydrogen-bond donors (Lipinski definition) is 0. The molecule has 4 rings (SSSR count). The predicted octanol–water partition coefficient (Wildman–Crippen LogP) is 4.13. The summed E-state index contributed by atoms with van der Waals surface area (Å²) in [5.74, 6) is 0.689. The Morgan fingerprint density at radius 3 is 2.83 bits per heavy atom. The zero-order valence-corrected chi connectivity index (χ0v) is 17.9. The minimum absolute atomic E-state index is 0.0248. The standard InChI is InChI=1S/C23H28N6O/c1-4-11-28-13-9-20(27-28)23(30)29-12-6-5-7-21(29)22-19(15-25-17(3)26-22)18-8-10-24-14-16(18)2/h8-10,13-15,21H,4-7,11-12H2,1-3H3/t21-/m1/s1. The lowest BCUT2D eigenvalue weighted by atomic mass is 9.92. The number of piperidine rings is 1. The van der Waals surface area contributed by atoms with Crippen LogP contribution in [0.3, 0.4) is 0 Å². The Morgan fingerprint density at radius 2 is 2.03 bits per heavy atom. The second kappa shape index (κ2) is 8.73. The lowest BCUT2D eigenvalue weighted by molar-refractivity contribution is 0.0599. The van der Waals surface area contributed by atoms with E-state index in [0.29, 0.717) is 18.1 Å². The van der Waals surface area contributed by atoms with E-state index >= 15 is 0 Å². The molecule has 1 saturated heterocycles. The van der Waals surface area contributed by atoms with Crippen molar-refractivity contribution in [1.82, 2.24) is 29.6 Å². The Hall–Kier alpha value is -3.09. The molecule has 4 heterocycles. The predicted molar refractivity (Wildman–Crippen MR) is 115 cm³/mol. The van der Waals surface area contributed by atoms with Crippen LogP contribution in [0.2, 0.25) is 0 Å². The van der Waals surface area contributed by atoms with Gasteiger partial charge in [0.2, 0.25) is 0 Å². The van der Waals surface area contributed by atoms with Crippen molar-refractivity contribution in [3.05, 3.63) is 59.7 Å². The van der Waals surface area contributed by atoms with E-state index in [1.54, 1.807) is 6.20 Å². The summed E-state index contributed by atoms with van der Waals surface area (Å²) in [4.78, 5) is 28.8. The van der Waals surface area contributed by atoms with Crippen molar-refractivity contribution in [2.75, 3.05) is 6.54 Å². The van der Waals surface area contributed by atoms with Crippen LogP contribution in [-0.2, 0) is 6.54 Å². The maximum absolute atomic E-state index is 13.4. The van der Waals surface area contributed by atoms with Gasteiger partial charge in [0.15, 0.2) is 0 Å². The van der Waals surface area contributed by atoms with E-state index in [-0.39, 0.29) is 11.9 Å². The Bertz CT molecular complexity index is 1040. The van der Waals surface area contributed by atoms with Gasteiger partial charge in [-0.15, -0.1) is 0 Å². The second-order valence-corrected chi connectivity index (χ2v) is 7.88. The van der Waals surface area contributed by atoms with Crippen LogP contribution in [0.5, 0.6) is 0 Å². The van der Waals surface area contributed by atoms with E-state index in [9.17, 15) is 4.79 Å². The monoisotopic (exact) mass is 404 g/mol. The fraction of sp³-hybridized carbons (Fsp3) is 0.435. The first-order valence-corrected chi connectivity index (χ1v) is 10.7. The molecule has 30 heavy (non-hydrogen) atoms. The number of likely N-dealkylation sites (tertiary alicyclic amines) is 1. The lowest BCUT2D eigenvalue weighted by Gasteiger charge is -2.36. The van der Waals surface area contributed by atoms with Crippen LogP contribution in [0.15, 0.2) is 36.9 Å². The molecule has 0 radical (unpaired) electrons. The molecule has 0 unspecified atom stereocenters. The highest BCUT2D eigenvalue weighted by Crippen LogP contribution is 2.37. The summed E-state index contributed by atoms with van der Waals surface area (Å²) in [5.41, 5.74) is 4.52. The summed E-state index contributed by atoms with van der Waals surface area (Å²) in [6, 6.07) is 3.73. The van der Waals surface area contributed by atoms with Gasteiger partial charge in [-0.3, -0.25) is 14.5 Å². The SMILES string of the molecule is CCCn1ccc(C(=O)N2CCCC[C@@H]2c2nc(C)ncc2-c2ccncc2C)n1. The van der Waals surface area contributed by atoms with Crippen LogP contribution in [0.25, 0.3) is 11.1 Å². The molecule has 0 saturated carbocycles. The number of amides is 1. The topological polar surface area (TPSA) is 76.8 Å². The molecule has 0 aliphatic carbocycles. The average molecular weight is 405 g/mol. The molecule has 3 aromatic rings. The van der Waals surface area contributed by atoms with Gasteiger partial charge in [0.05, 0.1) is 11.7 Å². The zero-order chi connectivity index (χ0) is 21.1. The number of rotatable bonds is 5. The highest BCUT2D eigenvalue weighted by molar-refractivity contribution is 5.92. The Balaban J connectivity index is 1.73. The van der Waals surface area contributed by atoms with E-state index in [0.717, 1.165) is 54.6 Å². The first-order valence-electron chi connectivity index (χ1n) is 10.7. The summed E-state index contributed by atoms with van der Waals surface area (Å²) in [5, 5.41) is 4.50. The minimum Gasteiger partial charge on any atom is -0.329 e. The van der Waals surface area contributed by atoms with Crippen LogP contribution < -0.4 is 0 Å². The Morgan fingerprint density at radius 1 is 1.17 bits per heavy atom. The largest absolute Gasteiger partial charge is 0.329 e. The van der Waals surface area contributed by atoms with Gasteiger partial charge in [0, 0.05) is 43.4 Å². The normalized spacial score (nSPS) is 16.6. The number of hydrogen-bond acceptors (Lipinski definition) is 5. The van der Waals surface area contributed by atoms with Crippen LogP contribution in [-0.4, -0.2) is 42.1 Å². The van der Waals surface area contributed by atoms with Gasteiger partial charge < -0.3 is 4.90 Å². The average Bonchev–Trinajstić information content (AvgIpc) is 3.23. The summed E-state index contributed by atoms with van der Waals surface area (Å²) in [6.07, 6.45) is 11.3. The maximum atomic E-state index is 13.4. The number of carbonyl (C=O) groups is 1. The highest BCUT2D eigenvalue weighted by Gasteiger charge is 2.33. The summed E-state index contributed by atoms with van der Waals surface area (Å²) >= 11 is 0. The summed E-state index contributed by atoms with van der Waals surface area (Å²) < 4.78 is 1.84. The molecule has 1 aliphatic heterocycles. The molecule has 1 atom stereocenters. The number of aryl methyl sites for hydroxylation is 3. The third kappa shape index (κ3) is 3.97. The van der Waals surface area contributed by atoms with E-state index in [2.05, 4.69) is 22.0 Å². The van der Waals surface area contributed by atoms with Crippen LogP contribution in [0.4, 0.5) is 0 Å². The third-order valence-corrected chi connectivity index (χ3v) is 5.64. The van der Waals surface area contributed by atoms with Crippen LogP contribution >= 0.6 is 0 Å². The number of nitrogens with zero attached hydrogens (tertiary/aromatic N) is 6. The minimum atomic E-state index is -0.0909. The van der Waals surface area contributed by atoms with Crippen molar-refractivity contribution in [3.63, 3.8) is 0 Å². The molecular formula is C23H28N6O. The summed E-state index contributed by atoms with van der Waals surface area (Å²) in [7, 11) is 0. The van der Waals surface area contributed by atoms with Gasteiger partial charge in [-0.05, 0) is 62.8 Å². The van der Waals surface area contributed by atoms with Gasteiger partial charge in [-0.25, -0.2) is 9.97 Å². The highest BCUT2D eigenvalue weighted by atomic mass is 16.2. The first kappa shape index (κ1) is 20.2. The molecule has 156 valence electrons. The molecule has 7 heteroatoms. The van der Waals surface area contributed by atoms with Crippen molar-refractivity contribution in [1.29, 1.82) is 0 Å². The molecule has 7 nitrogen and oxygen atoms in total. The van der Waals surface area contributed by atoms with Gasteiger partial charge in [-0.1, -0.05) is 6.92 Å². The maximum Gasteiger partial charge on any atom is 0.274 e. The van der Waals surface area contributed by atoms with Gasteiger partial charge in [-0.2, -0.15) is 5.10 Å².